The number of carboxylic acids is 1. The van der Waals surface area contributed by atoms with E-state index in [2.05, 4.69) is 22.0 Å². The summed E-state index contributed by atoms with van der Waals surface area (Å²) >= 11 is 0. The zero-order valence-corrected chi connectivity index (χ0v) is 18.1. The molecule has 0 radical (unpaired) electrons. The predicted molar refractivity (Wildman–Crippen MR) is 124 cm³/mol. The highest BCUT2D eigenvalue weighted by atomic mass is 16.5. The highest BCUT2D eigenvalue weighted by Crippen LogP contribution is 2.33. The molecule has 4 aromatic rings. The van der Waals surface area contributed by atoms with Crippen LogP contribution in [0, 0.1) is 13.8 Å². The van der Waals surface area contributed by atoms with Gasteiger partial charge in [-0.25, -0.2) is 14.5 Å². The van der Waals surface area contributed by atoms with E-state index < -0.39 is 5.97 Å². The van der Waals surface area contributed by atoms with Crippen molar-refractivity contribution >= 4 is 22.7 Å². The first-order valence-corrected chi connectivity index (χ1v) is 10.6. The molecule has 162 valence electrons. The maximum Gasteiger partial charge on any atom is 0.354 e. The number of ether oxygens (including phenoxy) is 1. The van der Waals surface area contributed by atoms with Crippen molar-refractivity contribution in [2.24, 2.45) is 0 Å². The minimum Gasteiger partial charge on any atom is -0.477 e. The predicted octanol–water partition coefficient (Wildman–Crippen LogP) is 4.24. The van der Waals surface area contributed by atoms with Gasteiger partial charge in [-0.3, -0.25) is 0 Å². The quantitative estimate of drug-likeness (QED) is 0.524. The maximum atomic E-state index is 11.9. The average molecular weight is 428 g/mol. The third-order valence-corrected chi connectivity index (χ3v) is 5.83. The Hall–Kier alpha value is -3.71. The molecule has 2 aromatic heterocycles. The number of fused-ring (bicyclic) bond motifs is 1. The van der Waals surface area contributed by atoms with Gasteiger partial charge in [0.2, 0.25) is 0 Å². The molecule has 0 bridgehead atoms. The molecule has 0 unspecified atom stereocenters. The topological polar surface area (TPSA) is 80.5 Å². The van der Waals surface area contributed by atoms with E-state index in [9.17, 15) is 9.90 Å². The van der Waals surface area contributed by atoms with Crippen LogP contribution in [0.15, 0.2) is 54.6 Å². The molecule has 7 heteroatoms. The van der Waals surface area contributed by atoms with Gasteiger partial charge in [-0.1, -0.05) is 24.3 Å². The van der Waals surface area contributed by atoms with Crippen LogP contribution in [0.4, 0.5) is 5.69 Å². The summed E-state index contributed by atoms with van der Waals surface area (Å²) < 4.78 is 7.18. The normalized spacial score (nSPS) is 14.1. The van der Waals surface area contributed by atoms with Crippen LogP contribution in [-0.2, 0) is 4.74 Å². The number of anilines is 1. The van der Waals surface area contributed by atoms with E-state index in [1.807, 2.05) is 50.2 Å². The number of morpholine rings is 1. The molecule has 1 N–H and O–H groups in total. The number of nitrogens with zero attached hydrogens (tertiary/aromatic N) is 4. The van der Waals surface area contributed by atoms with Crippen LogP contribution >= 0.6 is 0 Å². The number of aromatic nitrogens is 3. The van der Waals surface area contributed by atoms with Crippen molar-refractivity contribution < 1.29 is 14.6 Å². The molecular formula is C25H24N4O3. The number of carbonyl (C=O) groups is 1. The number of hydrogen-bond acceptors (Lipinski definition) is 5. The summed E-state index contributed by atoms with van der Waals surface area (Å²) in [6.07, 6.45) is 0. The summed E-state index contributed by atoms with van der Waals surface area (Å²) in [6, 6.07) is 17.8. The smallest absolute Gasteiger partial charge is 0.354 e. The van der Waals surface area contributed by atoms with Gasteiger partial charge < -0.3 is 14.7 Å². The fourth-order valence-corrected chi connectivity index (χ4v) is 4.24. The van der Waals surface area contributed by atoms with Gasteiger partial charge in [0.15, 0.2) is 11.3 Å². The number of aryl methyl sites for hydroxylation is 2. The van der Waals surface area contributed by atoms with Gasteiger partial charge >= 0.3 is 5.97 Å². The van der Waals surface area contributed by atoms with Crippen molar-refractivity contribution in [3.05, 3.63) is 71.5 Å². The van der Waals surface area contributed by atoms with Gasteiger partial charge in [-0.15, -0.1) is 0 Å². The van der Waals surface area contributed by atoms with Crippen molar-refractivity contribution in [3.63, 3.8) is 0 Å². The molecule has 2 aromatic carbocycles. The zero-order valence-electron chi connectivity index (χ0n) is 18.1. The van der Waals surface area contributed by atoms with Crippen molar-refractivity contribution in [2.75, 3.05) is 31.2 Å². The van der Waals surface area contributed by atoms with Crippen LogP contribution in [0.25, 0.3) is 27.8 Å². The summed E-state index contributed by atoms with van der Waals surface area (Å²) in [5.74, 6) is -1.06. The van der Waals surface area contributed by atoms with Crippen LogP contribution in [0.1, 0.15) is 21.7 Å². The number of pyridine rings is 1. The molecule has 1 fully saturated rings. The molecule has 1 saturated heterocycles. The largest absolute Gasteiger partial charge is 0.477 e. The van der Waals surface area contributed by atoms with Crippen molar-refractivity contribution in [3.8, 4) is 16.8 Å². The Morgan fingerprint density at radius 1 is 1.00 bits per heavy atom. The van der Waals surface area contributed by atoms with Crippen molar-refractivity contribution in [2.45, 2.75) is 13.8 Å². The highest BCUT2D eigenvalue weighted by Gasteiger charge is 2.20. The summed E-state index contributed by atoms with van der Waals surface area (Å²) in [5.41, 5.74) is 6.18. The molecule has 5 rings (SSSR count). The minimum absolute atomic E-state index is 0.00133. The maximum absolute atomic E-state index is 11.9. The first-order chi connectivity index (χ1) is 15.5. The lowest BCUT2D eigenvalue weighted by molar-refractivity contribution is 0.0691. The lowest BCUT2D eigenvalue weighted by Crippen LogP contribution is -2.36. The van der Waals surface area contributed by atoms with E-state index in [4.69, 9.17) is 9.84 Å². The van der Waals surface area contributed by atoms with Crippen LogP contribution in [-0.4, -0.2) is 52.1 Å². The Balaban J connectivity index is 1.66. The molecule has 0 aliphatic carbocycles. The Bertz CT molecular complexity index is 1310. The van der Waals surface area contributed by atoms with E-state index in [0.717, 1.165) is 65.4 Å². The fourth-order valence-electron chi connectivity index (χ4n) is 4.24. The lowest BCUT2D eigenvalue weighted by Gasteiger charge is -2.29. The van der Waals surface area contributed by atoms with E-state index in [0.29, 0.717) is 5.65 Å². The van der Waals surface area contributed by atoms with Crippen LogP contribution in [0.5, 0.6) is 0 Å². The SMILES string of the molecule is Cc1cccc(-n2nc(C)c3c(-c4ccc(N5CCOCC5)cc4)cc(C(=O)O)nc32)c1. The number of carboxylic acid groups (broad SMARTS) is 1. The summed E-state index contributed by atoms with van der Waals surface area (Å²) in [6.45, 7) is 7.13. The fraction of sp³-hybridized carbons (Fsp3) is 0.240. The second kappa shape index (κ2) is 8.09. The zero-order chi connectivity index (χ0) is 22.2. The molecule has 0 atom stereocenters. The molecule has 1 aliphatic heterocycles. The van der Waals surface area contributed by atoms with Gasteiger partial charge in [0.1, 0.15) is 0 Å². The standard InChI is InChI=1S/C25H24N4O3/c1-16-4-3-5-20(14-16)29-24-23(17(2)27-29)21(15-22(26-24)25(30)31)18-6-8-19(9-7-18)28-10-12-32-13-11-28/h3-9,14-15H,10-13H2,1-2H3,(H,30,31). The van der Waals surface area contributed by atoms with Crippen LogP contribution in [0.3, 0.4) is 0 Å². The average Bonchev–Trinajstić information content (AvgIpc) is 3.16. The second-order valence-electron chi connectivity index (χ2n) is 8.04. The second-order valence-corrected chi connectivity index (χ2v) is 8.04. The van der Waals surface area contributed by atoms with Crippen molar-refractivity contribution in [1.82, 2.24) is 14.8 Å². The van der Waals surface area contributed by atoms with Gasteiger partial charge in [-0.05, 0) is 60.9 Å². The van der Waals surface area contributed by atoms with E-state index in [1.54, 1.807) is 10.7 Å². The minimum atomic E-state index is -1.06. The van der Waals surface area contributed by atoms with Gasteiger partial charge in [0.05, 0.1) is 30.0 Å². The Morgan fingerprint density at radius 2 is 1.75 bits per heavy atom. The van der Waals surface area contributed by atoms with Crippen LogP contribution in [0.2, 0.25) is 0 Å². The summed E-state index contributed by atoms with van der Waals surface area (Å²) in [7, 11) is 0. The molecule has 7 nitrogen and oxygen atoms in total. The number of benzene rings is 2. The molecule has 0 spiro atoms. The first-order valence-electron chi connectivity index (χ1n) is 10.6. The highest BCUT2D eigenvalue weighted by molar-refractivity contribution is 6.00. The van der Waals surface area contributed by atoms with Crippen LogP contribution < -0.4 is 4.90 Å². The van der Waals surface area contributed by atoms with E-state index in [-0.39, 0.29) is 5.69 Å². The number of hydrogen-bond donors (Lipinski definition) is 1. The molecule has 0 saturated carbocycles. The van der Waals surface area contributed by atoms with E-state index in [1.165, 1.54) is 0 Å². The van der Waals surface area contributed by atoms with Crippen molar-refractivity contribution in [1.29, 1.82) is 0 Å². The van der Waals surface area contributed by atoms with Gasteiger partial charge in [-0.2, -0.15) is 5.10 Å². The molecular weight excluding hydrogens is 404 g/mol. The molecule has 3 heterocycles. The third kappa shape index (κ3) is 3.61. The third-order valence-electron chi connectivity index (χ3n) is 5.83. The molecule has 1 aliphatic rings. The lowest BCUT2D eigenvalue weighted by atomic mass is 10.0. The monoisotopic (exact) mass is 428 g/mol. The van der Waals surface area contributed by atoms with Gasteiger partial charge in [0.25, 0.3) is 0 Å². The Morgan fingerprint density at radius 3 is 2.44 bits per heavy atom. The molecule has 0 amide bonds. The Labute approximate surface area is 185 Å². The van der Waals surface area contributed by atoms with Gasteiger partial charge in [0, 0.05) is 18.8 Å². The number of aromatic carboxylic acids is 1. The first kappa shape index (κ1) is 20.2. The summed E-state index contributed by atoms with van der Waals surface area (Å²) in [5, 5.41) is 15.3. The molecule has 32 heavy (non-hydrogen) atoms. The number of rotatable bonds is 4. The Kier molecular flexibility index (Phi) is 5.11. The summed E-state index contributed by atoms with van der Waals surface area (Å²) in [4.78, 5) is 18.6. The van der Waals surface area contributed by atoms with E-state index >= 15 is 0 Å².